The van der Waals surface area contributed by atoms with Crippen molar-refractivity contribution >= 4 is 38.7 Å². The second-order valence-corrected chi connectivity index (χ2v) is 7.02. The predicted molar refractivity (Wildman–Crippen MR) is 101 cm³/mol. The van der Waals surface area contributed by atoms with Gasteiger partial charge in [-0.25, -0.2) is 4.98 Å². The number of aromatic nitrogens is 4. The Morgan fingerprint density at radius 2 is 1.92 bits per heavy atom. The lowest BCUT2D eigenvalue weighted by Gasteiger charge is -2.12. The van der Waals surface area contributed by atoms with Gasteiger partial charge in [0.15, 0.2) is 10.4 Å². The summed E-state index contributed by atoms with van der Waals surface area (Å²) < 4.78 is 2.34. The Morgan fingerprint density at radius 1 is 1.21 bits per heavy atom. The summed E-state index contributed by atoms with van der Waals surface area (Å²) in [6.45, 7) is 5.11. The number of benzene rings is 1. The van der Waals surface area contributed by atoms with Gasteiger partial charge in [0.2, 0.25) is 5.95 Å². The number of aryl methyl sites for hydroxylation is 1. The van der Waals surface area contributed by atoms with E-state index in [0.717, 1.165) is 11.9 Å². The monoisotopic (exact) mass is 388 g/mol. The average molecular weight is 389 g/mol. The second kappa shape index (κ2) is 6.76. The van der Waals surface area contributed by atoms with Crippen LogP contribution in [0.3, 0.4) is 0 Å². The molecule has 3 N–H and O–H groups in total. The van der Waals surface area contributed by atoms with Crippen LogP contribution in [-0.2, 0) is 20.0 Å². The fourth-order valence-corrected chi connectivity index (χ4v) is 3.30. The van der Waals surface area contributed by atoms with Crippen molar-refractivity contribution in [3.05, 3.63) is 40.0 Å². The van der Waals surface area contributed by atoms with Crippen LogP contribution in [0, 0.1) is 5.92 Å². The van der Waals surface area contributed by atoms with E-state index in [-0.39, 0.29) is 0 Å². The molecule has 2 heterocycles. The number of anilines is 2. The lowest BCUT2D eigenvalue weighted by atomic mass is 9.98. The smallest absolute Gasteiger partial charge is 0.225 e. The Bertz CT molecular complexity index is 871. The van der Waals surface area contributed by atoms with E-state index in [0.29, 0.717) is 34.3 Å². The highest BCUT2D eigenvalue weighted by molar-refractivity contribution is 9.10. The van der Waals surface area contributed by atoms with Crippen LogP contribution in [-0.4, -0.2) is 19.7 Å². The molecule has 3 rings (SSSR count). The minimum Gasteiger partial charge on any atom is -0.382 e. The molecular formula is C17H21BrN6. The van der Waals surface area contributed by atoms with Crippen LogP contribution in [0.15, 0.2) is 28.9 Å². The second-order valence-electron chi connectivity index (χ2n) is 6.26. The maximum atomic E-state index is 6.06. The summed E-state index contributed by atoms with van der Waals surface area (Å²) in [6, 6.07) is 8.44. The van der Waals surface area contributed by atoms with Crippen LogP contribution >= 0.6 is 15.9 Å². The van der Waals surface area contributed by atoms with Crippen LogP contribution in [0.5, 0.6) is 0 Å². The number of fused-ring (bicyclic) bond motifs is 1. The van der Waals surface area contributed by atoms with E-state index in [9.17, 15) is 0 Å². The van der Waals surface area contributed by atoms with E-state index in [1.165, 1.54) is 11.1 Å². The van der Waals surface area contributed by atoms with Crippen molar-refractivity contribution in [3.8, 4) is 0 Å². The third-order valence-electron chi connectivity index (χ3n) is 3.85. The Labute approximate surface area is 149 Å². The first-order valence-electron chi connectivity index (χ1n) is 7.92. The highest BCUT2D eigenvalue weighted by Crippen LogP contribution is 2.25. The van der Waals surface area contributed by atoms with Crippen LogP contribution in [0.4, 0.5) is 11.8 Å². The first-order valence-corrected chi connectivity index (χ1v) is 8.71. The number of rotatable bonds is 5. The molecule has 0 saturated heterocycles. The maximum absolute atomic E-state index is 6.06. The van der Waals surface area contributed by atoms with Gasteiger partial charge in [0.05, 0.1) is 0 Å². The van der Waals surface area contributed by atoms with Crippen LogP contribution in [0.1, 0.15) is 25.0 Å². The fraction of sp³-hybridized carbons (Fsp3) is 0.353. The third kappa shape index (κ3) is 3.36. The van der Waals surface area contributed by atoms with Gasteiger partial charge < -0.3 is 11.1 Å². The van der Waals surface area contributed by atoms with E-state index in [2.05, 4.69) is 74.4 Å². The Balaban J connectivity index is 1.85. The number of nitrogens with one attached hydrogen (secondary N) is 1. The quantitative estimate of drug-likeness (QED) is 0.698. The van der Waals surface area contributed by atoms with Crippen molar-refractivity contribution in [2.45, 2.75) is 26.8 Å². The molecule has 0 saturated carbocycles. The highest BCUT2D eigenvalue weighted by Gasteiger charge is 2.14. The zero-order valence-corrected chi connectivity index (χ0v) is 15.6. The molecule has 2 aromatic heterocycles. The van der Waals surface area contributed by atoms with Crippen molar-refractivity contribution < 1.29 is 0 Å². The normalized spacial score (nSPS) is 11.4. The lowest BCUT2D eigenvalue weighted by molar-refractivity contribution is 0.643. The summed E-state index contributed by atoms with van der Waals surface area (Å²) in [5.74, 6) is 1.53. The number of nitrogens with zero attached hydrogens (tertiary/aromatic N) is 4. The number of hydrogen-bond donors (Lipinski definition) is 2. The highest BCUT2D eigenvalue weighted by atomic mass is 79.9. The Hall–Kier alpha value is -2.15. The lowest BCUT2D eigenvalue weighted by Crippen LogP contribution is -2.09. The standard InChI is InChI=1S/C17H21BrN6/c1-10(2)8-11-6-4-5-7-12(11)9-20-17-21-13-14(16(19)22-17)24(3)23-15(13)18/h4-7,10H,8-9H2,1-3H3,(H3,19,20,21,22). The molecule has 1 aromatic carbocycles. The molecular weight excluding hydrogens is 368 g/mol. The van der Waals surface area contributed by atoms with Gasteiger partial charge in [-0.05, 0) is 39.4 Å². The topological polar surface area (TPSA) is 81.7 Å². The van der Waals surface area contributed by atoms with Crippen molar-refractivity contribution in [1.82, 2.24) is 19.7 Å². The Morgan fingerprint density at radius 3 is 2.62 bits per heavy atom. The van der Waals surface area contributed by atoms with E-state index in [4.69, 9.17) is 5.73 Å². The van der Waals surface area contributed by atoms with Crippen molar-refractivity contribution in [1.29, 1.82) is 0 Å². The zero-order valence-electron chi connectivity index (χ0n) is 14.0. The molecule has 3 aromatic rings. The SMILES string of the molecule is CC(C)Cc1ccccc1CNc1nc(N)c2c(n1)c(Br)nn2C. The predicted octanol–water partition coefficient (Wildman–Crippen LogP) is 3.52. The van der Waals surface area contributed by atoms with E-state index in [1.807, 2.05) is 7.05 Å². The fourth-order valence-electron chi connectivity index (χ4n) is 2.79. The average Bonchev–Trinajstić information content (AvgIpc) is 2.81. The van der Waals surface area contributed by atoms with E-state index < -0.39 is 0 Å². The van der Waals surface area contributed by atoms with E-state index >= 15 is 0 Å². The minimum atomic E-state index is 0.415. The molecule has 0 bridgehead atoms. The van der Waals surface area contributed by atoms with Crippen LogP contribution in [0.2, 0.25) is 0 Å². The number of hydrogen-bond acceptors (Lipinski definition) is 5. The number of halogens is 1. The summed E-state index contributed by atoms with van der Waals surface area (Å²) >= 11 is 3.42. The van der Waals surface area contributed by atoms with Gasteiger partial charge in [0.25, 0.3) is 0 Å². The molecule has 126 valence electrons. The molecule has 0 atom stereocenters. The summed E-state index contributed by atoms with van der Waals surface area (Å²) in [7, 11) is 1.82. The van der Waals surface area contributed by atoms with Gasteiger partial charge in [-0.15, -0.1) is 0 Å². The molecule has 0 aliphatic heterocycles. The van der Waals surface area contributed by atoms with Crippen molar-refractivity contribution in [3.63, 3.8) is 0 Å². The van der Waals surface area contributed by atoms with Gasteiger partial charge in [-0.1, -0.05) is 38.1 Å². The van der Waals surface area contributed by atoms with Crippen molar-refractivity contribution in [2.24, 2.45) is 13.0 Å². The molecule has 0 aliphatic carbocycles. The number of nitrogen functional groups attached to an aromatic ring is 1. The molecule has 0 amide bonds. The molecule has 24 heavy (non-hydrogen) atoms. The largest absolute Gasteiger partial charge is 0.382 e. The van der Waals surface area contributed by atoms with Crippen LogP contribution in [0.25, 0.3) is 11.0 Å². The zero-order chi connectivity index (χ0) is 17.3. The molecule has 6 nitrogen and oxygen atoms in total. The molecule has 0 spiro atoms. The molecule has 7 heteroatoms. The maximum Gasteiger partial charge on any atom is 0.225 e. The minimum absolute atomic E-state index is 0.415. The molecule has 0 aliphatic rings. The Kier molecular flexibility index (Phi) is 4.71. The van der Waals surface area contributed by atoms with Gasteiger partial charge >= 0.3 is 0 Å². The molecule has 0 unspecified atom stereocenters. The summed E-state index contributed by atoms with van der Waals surface area (Å²) in [5, 5.41) is 7.56. The van der Waals surface area contributed by atoms with Gasteiger partial charge in [-0.3, -0.25) is 4.68 Å². The van der Waals surface area contributed by atoms with Gasteiger partial charge in [-0.2, -0.15) is 10.1 Å². The molecule has 0 fully saturated rings. The summed E-state index contributed by atoms with van der Waals surface area (Å²) in [4.78, 5) is 8.88. The molecule has 0 radical (unpaired) electrons. The van der Waals surface area contributed by atoms with E-state index in [1.54, 1.807) is 4.68 Å². The van der Waals surface area contributed by atoms with Crippen molar-refractivity contribution in [2.75, 3.05) is 11.1 Å². The third-order valence-corrected chi connectivity index (χ3v) is 4.39. The first-order chi connectivity index (χ1) is 11.5. The van der Waals surface area contributed by atoms with Gasteiger partial charge in [0, 0.05) is 13.6 Å². The number of nitrogens with two attached hydrogens (primary N) is 1. The first kappa shape index (κ1) is 16.7. The van der Waals surface area contributed by atoms with Crippen LogP contribution < -0.4 is 11.1 Å². The summed E-state index contributed by atoms with van der Waals surface area (Å²) in [6.07, 6.45) is 1.05. The summed E-state index contributed by atoms with van der Waals surface area (Å²) in [5.41, 5.74) is 10.1. The van der Waals surface area contributed by atoms with Gasteiger partial charge in [0.1, 0.15) is 11.0 Å².